The number of aryl methyl sites for hydroxylation is 1. The van der Waals surface area contributed by atoms with Gasteiger partial charge >= 0.3 is 24.5 Å². The molecule has 41 heavy (non-hydrogen) atoms. The molecule has 1 fully saturated rings. The van der Waals surface area contributed by atoms with Crippen LogP contribution in [0.2, 0.25) is 0 Å². The van der Waals surface area contributed by atoms with Gasteiger partial charge in [-0.15, -0.1) is 0 Å². The van der Waals surface area contributed by atoms with Crippen molar-refractivity contribution < 1.29 is 45.4 Å². The molecular weight excluding hydrogens is 559 g/mol. The Morgan fingerprint density at radius 1 is 0.927 bits per heavy atom. The lowest BCUT2D eigenvalue weighted by Crippen LogP contribution is -2.61. The van der Waals surface area contributed by atoms with E-state index in [1.807, 2.05) is 20.8 Å². The van der Waals surface area contributed by atoms with Gasteiger partial charge in [0.25, 0.3) is 0 Å². The summed E-state index contributed by atoms with van der Waals surface area (Å²) in [6.07, 6.45) is -11.3. The first-order chi connectivity index (χ1) is 18.6. The van der Waals surface area contributed by atoms with Crippen LogP contribution < -0.4 is 4.90 Å². The van der Waals surface area contributed by atoms with E-state index in [1.54, 1.807) is 6.92 Å². The van der Waals surface area contributed by atoms with Crippen LogP contribution in [0.4, 0.5) is 46.0 Å². The number of rotatable bonds is 3. The average molecular weight is 592 g/mol. The number of carbonyl (C=O) groups is 2. The Labute approximate surface area is 233 Å². The predicted molar refractivity (Wildman–Crippen MR) is 138 cm³/mol. The van der Waals surface area contributed by atoms with Gasteiger partial charge in [0.2, 0.25) is 0 Å². The number of amides is 3. The lowest BCUT2D eigenvalue weighted by molar-refractivity contribution is -0.143. The molecule has 2 aromatic carbocycles. The van der Waals surface area contributed by atoms with Crippen LogP contribution in [-0.2, 0) is 12.4 Å². The summed E-state index contributed by atoms with van der Waals surface area (Å²) in [5.41, 5.74) is -3.35. The molecular formula is C28H32F7N3O3. The fourth-order valence-corrected chi connectivity index (χ4v) is 5.66. The number of carboxylic acid groups (broad SMARTS) is 1. The third kappa shape index (κ3) is 6.70. The van der Waals surface area contributed by atoms with Gasteiger partial charge < -0.3 is 14.9 Å². The number of urea groups is 1. The minimum absolute atomic E-state index is 0.0157. The Morgan fingerprint density at radius 3 is 1.90 bits per heavy atom. The normalized spacial score (nSPS) is 20.1. The van der Waals surface area contributed by atoms with Crippen molar-refractivity contribution >= 4 is 17.8 Å². The minimum Gasteiger partial charge on any atom is -0.465 e. The van der Waals surface area contributed by atoms with Crippen molar-refractivity contribution in [3.8, 4) is 0 Å². The molecule has 3 rings (SSSR count). The van der Waals surface area contributed by atoms with Crippen LogP contribution in [0.5, 0.6) is 0 Å². The average Bonchev–Trinajstić information content (AvgIpc) is 2.84. The summed E-state index contributed by atoms with van der Waals surface area (Å²) in [7, 11) is 2.43. The summed E-state index contributed by atoms with van der Waals surface area (Å²) in [5, 5.41) is 10.00. The molecule has 1 N–H and O–H groups in total. The van der Waals surface area contributed by atoms with Crippen molar-refractivity contribution in [3.05, 3.63) is 64.5 Å². The molecule has 0 aliphatic carbocycles. The SMILES string of the molecule is Cc1cc(F)ccc1[C@H]1C(C(C)(C)C)N(C(=O)O)CC[C@H]1N(C)C(=O)N(C)c1cc(C(F)(F)F)cc(C(F)(F)F)c1. The molecule has 6 nitrogen and oxygen atoms in total. The Bertz CT molecular complexity index is 1270. The zero-order chi connectivity index (χ0) is 31.2. The van der Waals surface area contributed by atoms with Gasteiger partial charge in [-0.1, -0.05) is 26.8 Å². The molecule has 1 unspecified atom stereocenters. The monoisotopic (exact) mass is 591 g/mol. The molecule has 1 saturated heterocycles. The van der Waals surface area contributed by atoms with Gasteiger partial charge in [-0.25, -0.2) is 14.0 Å². The van der Waals surface area contributed by atoms with E-state index in [0.29, 0.717) is 28.2 Å². The molecule has 1 heterocycles. The fraction of sp³-hybridized carbons (Fsp3) is 0.500. The number of piperidine rings is 1. The van der Waals surface area contributed by atoms with Crippen LogP contribution in [0.1, 0.15) is 55.4 Å². The molecule has 226 valence electrons. The first kappa shape index (κ1) is 32.0. The van der Waals surface area contributed by atoms with Gasteiger partial charge in [0.05, 0.1) is 11.1 Å². The van der Waals surface area contributed by atoms with Crippen LogP contribution in [0.3, 0.4) is 0 Å². The quantitative estimate of drug-likeness (QED) is 0.374. The first-order valence-electron chi connectivity index (χ1n) is 12.7. The smallest absolute Gasteiger partial charge is 0.416 e. The van der Waals surface area contributed by atoms with Crippen molar-refractivity contribution in [1.82, 2.24) is 9.80 Å². The summed E-state index contributed by atoms with van der Waals surface area (Å²) in [5.74, 6) is -1.22. The molecule has 1 aliphatic heterocycles. The Hall–Kier alpha value is -3.51. The van der Waals surface area contributed by atoms with Crippen molar-refractivity contribution in [2.24, 2.45) is 5.41 Å². The van der Waals surface area contributed by atoms with Gasteiger partial charge in [-0.2, -0.15) is 26.3 Å². The zero-order valence-electron chi connectivity index (χ0n) is 23.4. The number of halogens is 7. The number of anilines is 1. The number of carbonyl (C=O) groups excluding carboxylic acids is 1. The van der Waals surface area contributed by atoms with E-state index in [0.717, 1.165) is 7.05 Å². The zero-order valence-corrected chi connectivity index (χ0v) is 23.4. The van der Waals surface area contributed by atoms with E-state index < -0.39 is 70.5 Å². The van der Waals surface area contributed by atoms with Crippen molar-refractivity contribution in [3.63, 3.8) is 0 Å². The summed E-state index contributed by atoms with van der Waals surface area (Å²) in [6.45, 7) is 7.11. The molecule has 13 heteroatoms. The van der Waals surface area contributed by atoms with E-state index in [1.165, 1.54) is 35.0 Å². The first-order valence-corrected chi connectivity index (χ1v) is 12.7. The molecule has 1 aliphatic rings. The predicted octanol–water partition coefficient (Wildman–Crippen LogP) is 7.61. The number of likely N-dealkylation sites (tertiary alicyclic amines) is 1. The van der Waals surface area contributed by atoms with Gasteiger partial charge in [0.1, 0.15) is 5.82 Å². The molecule has 3 atom stereocenters. The second-order valence-electron chi connectivity index (χ2n) is 11.4. The van der Waals surface area contributed by atoms with E-state index in [2.05, 4.69) is 0 Å². The van der Waals surface area contributed by atoms with E-state index in [9.17, 15) is 45.4 Å². The maximum Gasteiger partial charge on any atom is 0.416 e. The van der Waals surface area contributed by atoms with Gasteiger partial charge in [-0.05, 0) is 60.2 Å². The van der Waals surface area contributed by atoms with Crippen LogP contribution >= 0.6 is 0 Å². The van der Waals surface area contributed by atoms with Crippen molar-refractivity contribution in [2.45, 2.75) is 64.5 Å². The Morgan fingerprint density at radius 2 is 1.46 bits per heavy atom. The van der Waals surface area contributed by atoms with E-state index in [4.69, 9.17) is 0 Å². The molecule has 0 radical (unpaired) electrons. The Kier molecular flexibility index (Phi) is 8.63. The highest BCUT2D eigenvalue weighted by molar-refractivity contribution is 5.92. The molecule has 2 aromatic rings. The highest BCUT2D eigenvalue weighted by atomic mass is 19.4. The third-order valence-electron chi connectivity index (χ3n) is 7.53. The topological polar surface area (TPSA) is 64.1 Å². The maximum absolute atomic E-state index is 14.0. The van der Waals surface area contributed by atoms with Crippen LogP contribution in [-0.4, -0.2) is 59.8 Å². The number of likely N-dealkylation sites (N-methyl/N-ethyl adjacent to an activating group) is 1. The van der Waals surface area contributed by atoms with Gasteiger partial charge in [0, 0.05) is 44.3 Å². The molecule has 0 aromatic heterocycles. The van der Waals surface area contributed by atoms with E-state index >= 15 is 0 Å². The lowest BCUT2D eigenvalue weighted by Gasteiger charge is -2.52. The second-order valence-corrected chi connectivity index (χ2v) is 11.4. The van der Waals surface area contributed by atoms with Crippen LogP contribution in [0.25, 0.3) is 0 Å². The van der Waals surface area contributed by atoms with Gasteiger partial charge in [0.15, 0.2) is 0 Å². The largest absolute Gasteiger partial charge is 0.465 e. The molecule has 0 bridgehead atoms. The van der Waals surface area contributed by atoms with Gasteiger partial charge in [-0.3, -0.25) is 4.90 Å². The fourth-order valence-electron chi connectivity index (χ4n) is 5.66. The van der Waals surface area contributed by atoms with Crippen LogP contribution in [0, 0.1) is 18.2 Å². The number of hydrogen-bond acceptors (Lipinski definition) is 2. The minimum atomic E-state index is -5.10. The molecule has 0 spiro atoms. The van der Waals surface area contributed by atoms with Crippen LogP contribution in [0.15, 0.2) is 36.4 Å². The van der Waals surface area contributed by atoms with E-state index in [-0.39, 0.29) is 19.0 Å². The molecule has 3 amide bonds. The van der Waals surface area contributed by atoms with Crippen molar-refractivity contribution in [2.75, 3.05) is 25.5 Å². The standard InChI is InChI=1S/C28H32F7N3O3/c1-15-11-18(29)7-8-20(15)22-21(9-10-38(25(40)41)23(22)26(2,3)4)37(6)24(39)36(5)19-13-16(27(30,31)32)12-17(14-19)28(33,34)35/h7-8,11-14,21-23H,9-10H2,1-6H3,(H,40,41)/t21-,22-,23?/m1/s1. The maximum atomic E-state index is 14.0. The highest BCUT2D eigenvalue weighted by Crippen LogP contribution is 2.45. The number of hydrogen-bond donors (Lipinski definition) is 1. The summed E-state index contributed by atoms with van der Waals surface area (Å²) in [6, 6.07) is 2.57. The highest BCUT2D eigenvalue weighted by Gasteiger charge is 2.49. The summed E-state index contributed by atoms with van der Waals surface area (Å²) >= 11 is 0. The summed E-state index contributed by atoms with van der Waals surface area (Å²) in [4.78, 5) is 29.1. The number of alkyl halides is 6. The molecule has 0 saturated carbocycles. The second kappa shape index (κ2) is 11.1. The van der Waals surface area contributed by atoms with Crippen molar-refractivity contribution in [1.29, 1.82) is 0 Å². The number of benzene rings is 2. The number of nitrogens with zero attached hydrogens (tertiary/aromatic N) is 3. The third-order valence-corrected chi connectivity index (χ3v) is 7.53. The Balaban J connectivity index is 2.12. The lowest BCUT2D eigenvalue weighted by atomic mass is 9.68. The summed E-state index contributed by atoms with van der Waals surface area (Å²) < 4.78 is 94.7.